The molecule has 16 aromatic rings. The molecule has 2 aliphatic rings. The summed E-state index contributed by atoms with van der Waals surface area (Å²) in [6, 6.07) is 99.0. The molecule has 97 heavy (non-hydrogen) atoms. The summed E-state index contributed by atoms with van der Waals surface area (Å²) < 4.78 is 66.5. The van der Waals surface area contributed by atoms with E-state index in [9.17, 15) is 8.22 Å². The van der Waals surface area contributed by atoms with Gasteiger partial charge in [-0.2, -0.15) is 0 Å². The third kappa shape index (κ3) is 9.35. The van der Waals surface area contributed by atoms with Gasteiger partial charge in [-0.25, -0.2) is 0 Å². The second-order valence-electron chi connectivity index (χ2n) is 27.9. The molecule has 0 unspecified atom stereocenters. The predicted molar refractivity (Wildman–Crippen MR) is 414 cm³/mol. The summed E-state index contributed by atoms with van der Waals surface area (Å²) in [5.74, 6) is 0. The second kappa shape index (κ2) is 22.5. The van der Waals surface area contributed by atoms with Gasteiger partial charge in [0.15, 0.2) is 0 Å². The number of anilines is 6. The van der Waals surface area contributed by atoms with Gasteiger partial charge in [-0.3, -0.25) is 0 Å². The zero-order chi connectivity index (χ0) is 70.5. The summed E-state index contributed by atoms with van der Waals surface area (Å²) in [4.78, 5) is 4.69. The Bertz CT molecular complexity index is 5600. The molecule has 2 aliphatic heterocycles. The highest BCUT2D eigenvalue weighted by Gasteiger charge is 2.46. The third-order valence-corrected chi connectivity index (χ3v) is 20.1. The molecule has 0 saturated carbocycles. The number of hydrogen-bond donors (Lipinski definition) is 0. The molecule has 4 heterocycles. The average molecular weight is 1250 g/mol. The maximum Gasteiger partial charge on any atom is 0.252 e. The normalized spacial score (nSPS) is 13.6. The van der Waals surface area contributed by atoms with Crippen molar-refractivity contribution in [1.82, 2.24) is 9.13 Å². The average Bonchev–Trinajstić information content (AvgIpc) is 1.17. The second-order valence-corrected chi connectivity index (χ2v) is 27.9. The molecule has 0 aliphatic carbocycles. The van der Waals surface area contributed by atoms with Crippen molar-refractivity contribution < 1.29 is 8.22 Å². The molecule has 0 fully saturated rings. The van der Waals surface area contributed by atoms with Gasteiger partial charge in [0.05, 0.1) is 41.7 Å². The van der Waals surface area contributed by atoms with E-state index in [1.807, 2.05) is 121 Å². The van der Waals surface area contributed by atoms with Crippen LogP contribution in [0.3, 0.4) is 0 Å². The van der Waals surface area contributed by atoms with Gasteiger partial charge in [-0.15, -0.1) is 0 Å². The molecule has 0 bridgehead atoms. The number of benzene rings is 14. The van der Waals surface area contributed by atoms with Crippen LogP contribution in [0.5, 0.6) is 0 Å². The first kappa shape index (κ1) is 51.7. The molecule has 0 atom stereocenters. The zero-order valence-corrected chi connectivity index (χ0v) is 55.0. The molecule has 5 heteroatoms. The van der Waals surface area contributed by atoms with Crippen molar-refractivity contribution in [2.45, 2.75) is 52.4 Å². The van der Waals surface area contributed by atoms with Gasteiger partial charge in [0.1, 0.15) is 0 Å². The highest BCUT2D eigenvalue weighted by atomic mass is 15.2. The van der Waals surface area contributed by atoms with E-state index in [2.05, 4.69) is 224 Å². The maximum absolute atomic E-state index is 10.5. The van der Waals surface area contributed by atoms with Gasteiger partial charge >= 0.3 is 0 Å². The van der Waals surface area contributed by atoms with E-state index in [4.69, 9.17) is 0 Å². The van der Waals surface area contributed by atoms with Crippen molar-refractivity contribution in [3.05, 3.63) is 333 Å². The van der Waals surface area contributed by atoms with Crippen LogP contribution in [-0.2, 0) is 10.8 Å². The van der Waals surface area contributed by atoms with Crippen LogP contribution in [0.2, 0.25) is 0 Å². The van der Waals surface area contributed by atoms with Gasteiger partial charge in [0.25, 0.3) is 6.71 Å². The van der Waals surface area contributed by atoms with E-state index in [-0.39, 0.29) is 41.7 Å². The molecule has 2 aromatic heterocycles. The number of nitrogens with zero attached hydrogens (tertiary/aromatic N) is 4. The lowest BCUT2D eigenvalue weighted by molar-refractivity contribution is 0.570. The molecule has 18 rings (SSSR count). The fourth-order valence-electron chi connectivity index (χ4n) is 15.7. The number of aromatic nitrogens is 2. The minimum absolute atomic E-state index is 0.0723. The highest BCUT2D eigenvalue weighted by molar-refractivity contribution is 7.00. The molecule has 4 nitrogen and oxygen atoms in total. The Labute approximate surface area is 576 Å². The third-order valence-electron chi connectivity index (χ3n) is 20.1. The van der Waals surface area contributed by atoms with E-state index in [0.717, 1.165) is 133 Å². The van der Waals surface area contributed by atoms with Crippen molar-refractivity contribution in [1.29, 1.82) is 0 Å². The smallest absolute Gasteiger partial charge is 0.252 e. The Morgan fingerprint density at radius 3 is 0.979 bits per heavy atom. The zero-order valence-electron chi connectivity index (χ0n) is 61.0. The Hall–Kier alpha value is -11.7. The van der Waals surface area contributed by atoms with E-state index < -0.39 is 12.1 Å². The van der Waals surface area contributed by atoms with Gasteiger partial charge in [-0.05, 0) is 132 Å². The topological polar surface area (TPSA) is 16.3 Å². The lowest BCUT2D eigenvalue weighted by Gasteiger charge is -2.46. The highest BCUT2D eigenvalue weighted by Crippen LogP contribution is 2.55. The SMILES string of the molecule is [2H]c1c([2H])c(-c2ccccc2)c(N2c3cc(-n4c5ccccc5c5ccccc54)ccc3B3c4ccc(-n5c6ccccc6c6ccccc65)cc4N(c4c(-c5ccccc5)c([2H])c([2H])c([2H])c4-c4ccccc4)c4cc(-c5ccc(C(C)(C)C)cc5C(C)(C)C)cc2c43)c(-c2ccccc2)c1[2H]. The van der Waals surface area contributed by atoms with E-state index in [1.54, 1.807) is 0 Å². The largest absolute Gasteiger partial charge is 0.310 e. The van der Waals surface area contributed by atoms with Crippen LogP contribution in [0, 0.1) is 0 Å². The predicted octanol–water partition coefficient (Wildman–Crippen LogP) is 22.9. The number of fused-ring (bicyclic) bond motifs is 10. The Kier molecular flexibility index (Phi) is 12.0. The molecule has 0 amide bonds. The van der Waals surface area contributed by atoms with Gasteiger partial charge in [-0.1, -0.05) is 302 Å². The van der Waals surface area contributed by atoms with Crippen LogP contribution < -0.4 is 26.2 Å². The molecular weight excluding hydrogens is 1170 g/mol. The van der Waals surface area contributed by atoms with Gasteiger partial charge in [0.2, 0.25) is 0 Å². The summed E-state index contributed by atoms with van der Waals surface area (Å²) in [7, 11) is 0. The molecule has 0 N–H and O–H groups in total. The van der Waals surface area contributed by atoms with E-state index in [1.165, 1.54) is 5.56 Å². The van der Waals surface area contributed by atoms with Crippen LogP contribution in [0.4, 0.5) is 34.1 Å². The number of para-hydroxylation sites is 6. The van der Waals surface area contributed by atoms with Crippen LogP contribution >= 0.6 is 0 Å². The van der Waals surface area contributed by atoms with Crippen molar-refractivity contribution in [2.75, 3.05) is 9.80 Å². The van der Waals surface area contributed by atoms with Crippen molar-refractivity contribution in [2.24, 2.45) is 0 Å². The number of rotatable bonds is 9. The van der Waals surface area contributed by atoms with Crippen LogP contribution in [-0.4, -0.2) is 15.8 Å². The quantitative estimate of drug-likeness (QED) is 0.134. The molecular formula is C92H71BN4. The molecule has 0 spiro atoms. The molecule has 0 radical (unpaired) electrons. The van der Waals surface area contributed by atoms with Gasteiger partial charge in [0, 0.05) is 77.9 Å². The van der Waals surface area contributed by atoms with Crippen molar-refractivity contribution in [3.63, 3.8) is 0 Å². The first-order valence-electron chi connectivity index (χ1n) is 36.6. The van der Waals surface area contributed by atoms with Crippen LogP contribution in [0.15, 0.2) is 321 Å². The summed E-state index contributed by atoms with van der Waals surface area (Å²) in [5.41, 5.74) is 21.8. The lowest BCUT2D eigenvalue weighted by atomic mass is 9.33. The minimum atomic E-state index is -0.523. The van der Waals surface area contributed by atoms with E-state index >= 15 is 0 Å². The number of hydrogen-bond acceptors (Lipinski definition) is 2. The monoisotopic (exact) mass is 1250 g/mol. The molecule has 14 aromatic carbocycles. The van der Waals surface area contributed by atoms with Crippen LogP contribution in [0.1, 0.15) is 60.9 Å². The standard InChI is InChI=1S/C92H71BN4/c1-91(2,3)65-49-52-68(77(57-65)92(4,5)6)64-55-86-88-87(56-64)97(90-71(62-33-15-9-16-34-62)43-28-44-72(90)63-35-17-10-18-36-63)85-59-67(95-82-47-25-21-39-75(82)76-40-22-26-48-83(76)95)51-54-79(85)93(88)78-53-50-66(94-80-45-23-19-37-73(80)74-38-20-24-46-81(74)94)58-84(78)96(86)89-69(60-29-11-7-12-30-60)41-27-42-70(89)61-31-13-8-14-32-61/h7-59H,1-6H3/i27D,28D,41D,42D,43D,44D. The minimum Gasteiger partial charge on any atom is -0.310 e. The van der Waals surface area contributed by atoms with Crippen molar-refractivity contribution >= 4 is 101 Å². The lowest BCUT2D eigenvalue weighted by Crippen LogP contribution is -2.61. The summed E-state index contributed by atoms with van der Waals surface area (Å²) in [6.45, 7) is 13.1. The first-order valence-corrected chi connectivity index (χ1v) is 33.6. The Balaban J connectivity index is 1.08. The maximum atomic E-state index is 10.5. The fourth-order valence-corrected chi connectivity index (χ4v) is 15.7. The van der Waals surface area contributed by atoms with Crippen molar-refractivity contribution in [3.8, 4) is 67.0 Å². The summed E-state index contributed by atoms with van der Waals surface area (Å²) in [5, 5.41) is 4.49. The Morgan fingerprint density at radius 2 is 0.639 bits per heavy atom. The fraction of sp³-hybridized carbons (Fsp3) is 0.0870. The molecule has 462 valence electrons. The molecule has 0 saturated heterocycles. The van der Waals surface area contributed by atoms with E-state index in [0.29, 0.717) is 33.6 Å². The summed E-state index contributed by atoms with van der Waals surface area (Å²) >= 11 is 0. The first-order chi connectivity index (χ1) is 49.9. The Morgan fingerprint density at radius 1 is 0.299 bits per heavy atom. The van der Waals surface area contributed by atoms with Gasteiger partial charge < -0.3 is 18.9 Å². The van der Waals surface area contributed by atoms with Crippen LogP contribution in [0.25, 0.3) is 111 Å². The summed E-state index contributed by atoms with van der Waals surface area (Å²) in [6.07, 6.45) is 0.